The number of carbonyl (C=O) groups is 2. The lowest BCUT2D eigenvalue weighted by Crippen LogP contribution is -2.48. The number of rotatable bonds is 7. The number of hydrogen-bond donors (Lipinski definition) is 1. The van der Waals surface area contributed by atoms with Crippen molar-refractivity contribution in [1.82, 2.24) is 10.2 Å². The summed E-state index contributed by atoms with van der Waals surface area (Å²) in [4.78, 5) is 30.0. The molecule has 6 heteroatoms. The van der Waals surface area contributed by atoms with E-state index in [4.69, 9.17) is 4.74 Å². The lowest BCUT2D eigenvalue weighted by atomic mass is 9.81. The van der Waals surface area contributed by atoms with E-state index < -0.39 is 5.92 Å². The molecule has 0 radical (unpaired) electrons. The van der Waals surface area contributed by atoms with Crippen LogP contribution in [0.1, 0.15) is 52.2 Å². The molecule has 1 aromatic heterocycles. The Kier molecular flexibility index (Phi) is 6.61. The minimum atomic E-state index is -0.473. The zero-order chi connectivity index (χ0) is 22.7. The third-order valence-electron chi connectivity index (χ3n) is 5.74. The number of fused-ring (bicyclic) bond motifs is 1. The van der Waals surface area contributed by atoms with Crippen LogP contribution in [0.3, 0.4) is 0 Å². The second-order valence-corrected chi connectivity index (χ2v) is 9.42. The summed E-state index contributed by atoms with van der Waals surface area (Å²) in [6.07, 6.45) is 0. The van der Waals surface area contributed by atoms with Gasteiger partial charge < -0.3 is 15.0 Å². The maximum atomic E-state index is 13.6. The van der Waals surface area contributed by atoms with Crippen molar-refractivity contribution in [2.45, 2.75) is 32.4 Å². The Bertz CT molecular complexity index is 1080. The summed E-state index contributed by atoms with van der Waals surface area (Å²) >= 11 is 1.59. The minimum absolute atomic E-state index is 0.00750. The number of benzene rings is 2. The van der Waals surface area contributed by atoms with Crippen LogP contribution in [0.15, 0.2) is 66.0 Å². The van der Waals surface area contributed by atoms with Crippen molar-refractivity contribution in [2.24, 2.45) is 5.92 Å². The molecule has 32 heavy (non-hydrogen) atoms. The topological polar surface area (TPSA) is 58.6 Å². The highest BCUT2D eigenvalue weighted by atomic mass is 32.1. The summed E-state index contributed by atoms with van der Waals surface area (Å²) in [5.41, 5.74) is 2.40. The Labute approximate surface area is 193 Å². The predicted molar refractivity (Wildman–Crippen MR) is 127 cm³/mol. The van der Waals surface area contributed by atoms with E-state index in [1.165, 1.54) is 0 Å². The van der Waals surface area contributed by atoms with Crippen molar-refractivity contribution in [2.75, 3.05) is 13.7 Å². The van der Waals surface area contributed by atoms with Gasteiger partial charge in [-0.15, -0.1) is 11.3 Å². The number of amides is 2. The highest BCUT2D eigenvalue weighted by molar-refractivity contribution is 7.10. The van der Waals surface area contributed by atoms with Gasteiger partial charge in [-0.2, -0.15) is 0 Å². The first-order chi connectivity index (χ1) is 15.5. The summed E-state index contributed by atoms with van der Waals surface area (Å²) in [5.74, 6) is 0.510. The van der Waals surface area contributed by atoms with Gasteiger partial charge in [0.25, 0.3) is 5.91 Å². The zero-order valence-electron chi connectivity index (χ0n) is 18.6. The second-order valence-electron chi connectivity index (χ2n) is 8.44. The van der Waals surface area contributed by atoms with Gasteiger partial charge in [-0.1, -0.05) is 50.2 Å². The normalized spacial score (nSPS) is 17.9. The van der Waals surface area contributed by atoms with Crippen molar-refractivity contribution < 1.29 is 14.3 Å². The van der Waals surface area contributed by atoms with Crippen LogP contribution in [0.5, 0.6) is 5.75 Å². The van der Waals surface area contributed by atoms with Gasteiger partial charge in [0.15, 0.2) is 0 Å². The van der Waals surface area contributed by atoms with Gasteiger partial charge in [0.1, 0.15) is 5.75 Å². The number of carbonyl (C=O) groups excluding carboxylic acids is 2. The molecule has 1 aliphatic rings. The largest absolute Gasteiger partial charge is 0.497 e. The number of ether oxygens (including phenoxy) is 1. The van der Waals surface area contributed by atoms with E-state index >= 15 is 0 Å². The van der Waals surface area contributed by atoms with Crippen molar-refractivity contribution in [3.63, 3.8) is 0 Å². The van der Waals surface area contributed by atoms with E-state index in [0.29, 0.717) is 18.7 Å². The van der Waals surface area contributed by atoms with Gasteiger partial charge in [-0.25, -0.2) is 0 Å². The van der Waals surface area contributed by atoms with Crippen LogP contribution in [0.4, 0.5) is 0 Å². The zero-order valence-corrected chi connectivity index (χ0v) is 19.4. The van der Waals surface area contributed by atoms with Crippen LogP contribution >= 0.6 is 11.3 Å². The molecule has 0 saturated carbocycles. The number of hydrogen-bond acceptors (Lipinski definition) is 4. The fourth-order valence-corrected chi connectivity index (χ4v) is 5.16. The molecule has 1 aliphatic heterocycles. The molecule has 2 amide bonds. The van der Waals surface area contributed by atoms with E-state index in [0.717, 1.165) is 21.8 Å². The van der Waals surface area contributed by atoms with E-state index in [9.17, 15) is 9.59 Å². The van der Waals surface area contributed by atoms with Gasteiger partial charge in [0, 0.05) is 23.5 Å². The molecule has 166 valence electrons. The highest BCUT2D eigenvalue weighted by Gasteiger charge is 2.44. The molecule has 0 saturated heterocycles. The Morgan fingerprint density at radius 2 is 1.84 bits per heavy atom. The number of nitrogens with zero attached hydrogens (tertiary/aromatic N) is 1. The summed E-state index contributed by atoms with van der Waals surface area (Å²) in [6, 6.07) is 18.8. The molecular formula is C26H28N2O3S. The lowest BCUT2D eigenvalue weighted by Gasteiger charge is -2.42. The second kappa shape index (κ2) is 9.57. The third-order valence-corrected chi connectivity index (χ3v) is 6.69. The molecule has 0 unspecified atom stereocenters. The standard InChI is InChI=1S/C26H28N2O3S/c1-17(2)16-28-24(22-9-6-14-32-22)23(20-7-4-5-8-21(20)26(28)30)25(29)27-15-18-10-12-19(31-3)13-11-18/h4-14,17,23-24H,15-16H2,1-3H3,(H,27,29)/t23-,24-/m1/s1. The van der Waals surface area contributed by atoms with Crippen LogP contribution in [0.25, 0.3) is 0 Å². The average Bonchev–Trinajstić information content (AvgIpc) is 3.33. The highest BCUT2D eigenvalue weighted by Crippen LogP contribution is 2.44. The Hall–Kier alpha value is -3.12. The molecule has 1 N–H and O–H groups in total. The predicted octanol–water partition coefficient (Wildman–Crippen LogP) is 5.01. The van der Waals surface area contributed by atoms with Crippen LogP contribution in [0.2, 0.25) is 0 Å². The Morgan fingerprint density at radius 1 is 1.09 bits per heavy atom. The minimum Gasteiger partial charge on any atom is -0.497 e. The lowest BCUT2D eigenvalue weighted by molar-refractivity contribution is -0.124. The van der Waals surface area contributed by atoms with Gasteiger partial charge in [0.05, 0.1) is 19.1 Å². The maximum Gasteiger partial charge on any atom is 0.254 e. The van der Waals surface area contributed by atoms with Crippen molar-refractivity contribution in [3.8, 4) is 5.75 Å². The van der Waals surface area contributed by atoms with Crippen LogP contribution in [-0.2, 0) is 11.3 Å². The number of thiophene rings is 1. The monoisotopic (exact) mass is 448 g/mol. The number of nitrogens with one attached hydrogen (secondary N) is 1. The summed E-state index contributed by atoms with van der Waals surface area (Å²) in [6.45, 7) is 5.20. The Morgan fingerprint density at radius 3 is 2.50 bits per heavy atom. The summed E-state index contributed by atoms with van der Waals surface area (Å²) < 4.78 is 5.21. The average molecular weight is 449 g/mol. The molecule has 0 aliphatic carbocycles. The maximum absolute atomic E-state index is 13.6. The van der Waals surface area contributed by atoms with E-state index in [1.807, 2.05) is 70.9 Å². The first-order valence-electron chi connectivity index (χ1n) is 10.8. The molecule has 2 heterocycles. The van der Waals surface area contributed by atoms with E-state index in [1.54, 1.807) is 18.4 Å². The SMILES string of the molecule is COc1ccc(CNC(=O)[C@@H]2c3ccccc3C(=O)N(CC(C)C)[C@@H]2c2cccs2)cc1. The van der Waals surface area contributed by atoms with Gasteiger partial charge in [0.2, 0.25) is 5.91 Å². The van der Waals surface area contributed by atoms with E-state index in [-0.39, 0.29) is 23.8 Å². The first-order valence-corrected chi connectivity index (χ1v) is 11.7. The quantitative estimate of drug-likeness (QED) is 0.553. The third kappa shape index (κ3) is 4.41. The molecule has 0 bridgehead atoms. The molecule has 2 atom stereocenters. The van der Waals surface area contributed by atoms with Gasteiger partial charge >= 0.3 is 0 Å². The first kappa shape index (κ1) is 22.1. The molecular weight excluding hydrogens is 420 g/mol. The molecule has 5 nitrogen and oxygen atoms in total. The summed E-state index contributed by atoms with van der Waals surface area (Å²) in [5, 5.41) is 5.11. The van der Waals surface area contributed by atoms with Gasteiger partial charge in [-0.3, -0.25) is 9.59 Å². The molecule has 0 fully saturated rings. The molecule has 4 rings (SSSR count). The molecule has 0 spiro atoms. The van der Waals surface area contributed by atoms with Gasteiger partial charge in [-0.05, 0) is 46.7 Å². The van der Waals surface area contributed by atoms with Crippen LogP contribution in [0, 0.1) is 5.92 Å². The fraction of sp³-hybridized carbons (Fsp3) is 0.308. The van der Waals surface area contributed by atoms with Crippen molar-refractivity contribution in [3.05, 3.63) is 87.6 Å². The van der Waals surface area contributed by atoms with Crippen molar-refractivity contribution >= 4 is 23.2 Å². The van der Waals surface area contributed by atoms with Crippen LogP contribution in [-0.4, -0.2) is 30.4 Å². The smallest absolute Gasteiger partial charge is 0.254 e. The van der Waals surface area contributed by atoms with E-state index in [2.05, 4.69) is 19.2 Å². The van der Waals surface area contributed by atoms with Crippen molar-refractivity contribution in [1.29, 1.82) is 0 Å². The molecule has 2 aromatic carbocycles. The molecule has 3 aromatic rings. The Balaban J connectivity index is 1.69. The number of methoxy groups -OCH3 is 1. The fourth-order valence-electron chi connectivity index (χ4n) is 4.29. The van der Waals surface area contributed by atoms with Crippen LogP contribution < -0.4 is 10.1 Å². The summed E-state index contributed by atoms with van der Waals surface area (Å²) in [7, 11) is 1.63.